The lowest BCUT2D eigenvalue weighted by molar-refractivity contribution is -0.117. The van der Waals surface area contributed by atoms with Crippen LogP contribution in [0.1, 0.15) is 11.4 Å². The summed E-state index contributed by atoms with van der Waals surface area (Å²) in [5, 5.41) is 6.68. The number of likely N-dealkylation sites (N-methyl/N-ethyl adjacent to an activating group) is 1. The summed E-state index contributed by atoms with van der Waals surface area (Å²) in [6, 6.07) is 12.7. The summed E-state index contributed by atoms with van der Waals surface area (Å²) in [4.78, 5) is 26.7. The number of aromatic nitrogens is 3. The Labute approximate surface area is 184 Å². The van der Waals surface area contributed by atoms with Crippen LogP contribution in [0.25, 0.3) is 0 Å². The average molecular weight is 446 g/mol. The van der Waals surface area contributed by atoms with Crippen molar-refractivity contribution in [2.75, 3.05) is 30.0 Å². The third kappa shape index (κ3) is 6.28. The number of rotatable bonds is 7. The topological polar surface area (TPSA) is 109 Å². The van der Waals surface area contributed by atoms with Crippen LogP contribution in [-0.2, 0) is 11.3 Å². The molecule has 1 aromatic heterocycles. The fourth-order valence-corrected chi connectivity index (χ4v) is 2.95. The van der Waals surface area contributed by atoms with Crippen LogP contribution in [0.4, 0.5) is 23.3 Å². The molecule has 0 aliphatic heterocycles. The van der Waals surface area contributed by atoms with Gasteiger partial charge in [0.15, 0.2) is 0 Å². The molecule has 0 atom stereocenters. The molecular weight excluding hydrogens is 425 g/mol. The van der Waals surface area contributed by atoms with Crippen molar-refractivity contribution in [3.63, 3.8) is 0 Å². The molecule has 0 aliphatic carbocycles. The standard InChI is InChI=1S/C20H21Cl2N7O/c1-12-3-5-13(6-4-12)25-20-27-17(26-19(23)28-20)10-29(2)11-18(30)24-14-7-8-15(21)16(22)9-14/h3-9H,10-11H2,1-2H3,(H,24,30)(H3,23,25,26,27,28). The molecule has 3 aromatic rings. The maximum Gasteiger partial charge on any atom is 0.238 e. The molecule has 0 fully saturated rings. The number of halogens is 2. The summed E-state index contributed by atoms with van der Waals surface area (Å²) >= 11 is 11.9. The lowest BCUT2D eigenvalue weighted by Crippen LogP contribution is -2.30. The van der Waals surface area contributed by atoms with E-state index in [1.54, 1.807) is 30.1 Å². The number of nitrogens with two attached hydrogens (primary N) is 1. The zero-order valence-electron chi connectivity index (χ0n) is 16.5. The second-order valence-corrected chi connectivity index (χ2v) is 7.59. The Morgan fingerprint density at radius 3 is 2.43 bits per heavy atom. The molecule has 0 spiro atoms. The van der Waals surface area contributed by atoms with Gasteiger partial charge in [0.2, 0.25) is 17.8 Å². The fourth-order valence-electron chi connectivity index (χ4n) is 2.65. The van der Waals surface area contributed by atoms with Crippen molar-refractivity contribution in [2.45, 2.75) is 13.5 Å². The Morgan fingerprint density at radius 1 is 1.03 bits per heavy atom. The smallest absolute Gasteiger partial charge is 0.238 e. The summed E-state index contributed by atoms with van der Waals surface area (Å²) in [7, 11) is 1.78. The Morgan fingerprint density at radius 2 is 1.73 bits per heavy atom. The van der Waals surface area contributed by atoms with Crippen molar-refractivity contribution in [1.29, 1.82) is 0 Å². The number of carbonyl (C=O) groups is 1. The number of hydrogen-bond donors (Lipinski definition) is 3. The quantitative estimate of drug-likeness (QED) is 0.505. The molecular formula is C20H21Cl2N7O. The monoisotopic (exact) mass is 445 g/mol. The van der Waals surface area contributed by atoms with Gasteiger partial charge in [0.25, 0.3) is 0 Å². The second-order valence-electron chi connectivity index (χ2n) is 6.77. The van der Waals surface area contributed by atoms with E-state index in [4.69, 9.17) is 28.9 Å². The van der Waals surface area contributed by atoms with Gasteiger partial charge in [0.1, 0.15) is 5.82 Å². The van der Waals surface area contributed by atoms with Gasteiger partial charge >= 0.3 is 0 Å². The molecule has 4 N–H and O–H groups in total. The van der Waals surface area contributed by atoms with E-state index in [0.717, 1.165) is 11.3 Å². The van der Waals surface area contributed by atoms with Crippen molar-refractivity contribution in [3.05, 3.63) is 63.9 Å². The van der Waals surface area contributed by atoms with Gasteiger partial charge in [0, 0.05) is 11.4 Å². The number of nitrogens with zero attached hydrogens (tertiary/aromatic N) is 4. The minimum atomic E-state index is -0.212. The molecule has 0 saturated carbocycles. The lowest BCUT2D eigenvalue weighted by atomic mass is 10.2. The molecule has 0 unspecified atom stereocenters. The maximum atomic E-state index is 12.3. The summed E-state index contributed by atoms with van der Waals surface area (Å²) in [6.07, 6.45) is 0. The molecule has 3 rings (SSSR count). The van der Waals surface area contributed by atoms with Gasteiger partial charge in [-0.05, 0) is 44.3 Å². The third-order valence-electron chi connectivity index (χ3n) is 4.03. The Bertz CT molecular complexity index is 1040. The minimum absolute atomic E-state index is 0.100. The van der Waals surface area contributed by atoms with E-state index in [0.29, 0.717) is 34.1 Å². The van der Waals surface area contributed by atoms with Crippen LogP contribution >= 0.6 is 23.2 Å². The summed E-state index contributed by atoms with van der Waals surface area (Å²) in [5.74, 6) is 0.677. The molecule has 1 heterocycles. The highest BCUT2D eigenvalue weighted by molar-refractivity contribution is 6.42. The second kappa shape index (κ2) is 9.71. The summed E-state index contributed by atoms with van der Waals surface area (Å²) in [6.45, 7) is 2.44. The van der Waals surface area contributed by atoms with Crippen LogP contribution in [0.5, 0.6) is 0 Å². The predicted molar refractivity (Wildman–Crippen MR) is 120 cm³/mol. The molecule has 8 nitrogen and oxygen atoms in total. The first-order chi connectivity index (χ1) is 14.3. The largest absolute Gasteiger partial charge is 0.368 e. The third-order valence-corrected chi connectivity index (χ3v) is 4.77. The summed E-state index contributed by atoms with van der Waals surface area (Å²) < 4.78 is 0. The number of hydrogen-bond acceptors (Lipinski definition) is 7. The summed E-state index contributed by atoms with van der Waals surface area (Å²) in [5.41, 5.74) is 8.38. The zero-order chi connectivity index (χ0) is 21.7. The zero-order valence-corrected chi connectivity index (χ0v) is 18.0. The first kappa shape index (κ1) is 21.8. The first-order valence-corrected chi connectivity index (χ1v) is 9.81. The number of carbonyl (C=O) groups excluding carboxylic acids is 1. The Balaban J connectivity index is 1.60. The van der Waals surface area contributed by atoms with Crippen LogP contribution in [0.3, 0.4) is 0 Å². The van der Waals surface area contributed by atoms with E-state index in [2.05, 4.69) is 25.6 Å². The molecule has 10 heteroatoms. The minimum Gasteiger partial charge on any atom is -0.368 e. The van der Waals surface area contributed by atoms with E-state index < -0.39 is 0 Å². The Kier molecular flexibility index (Phi) is 7.04. The number of nitrogen functional groups attached to an aromatic ring is 1. The molecule has 1 amide bonds. The van der Waals surface area contributed by atoms with Gasteiger partial charge in [-0.3, -0.25) is 9.69 Å². The van der Waals surface area contributed by atoms with Crippen LogP contribution < -0.4 is 16.4 Å². The molecule has 30 heavy (non-hydrogen) atoms. The van der Waals surface area contributed by atoms with E-state index in [9.17, 15) is 4.79 Å². The number of anilines is 4. The van der Waals surface area contributed by atoms with Crippen molar-refractivity contribution in [2.24, 2.45) is 0 Å². The Hall–Kier alpha value is -2.94. The van der Waals surface area contributed by atoms with E-state index in [1.165, 1.54) is 0 Å². The van der Waals surface area contributed by atoms with Gasteiger partial charge < -0.3 is 16.4 Å². The van der Waals surface area contributed by atoms with Crippen LogP contribution in [0, 0.1) is 6.92 Å². The highest BCUT2D eigenvalue weighted by Crippen LogP contribution is 2.25. The molecule has 0 aliphatic rings. The molecule has 2 aromatic carbocycles. The van der Waals surface area contributed by atoms with Crippen molar-refractivity contribution in [1.82, 2.24) is 19.9 Å². The lowest BCUT2D eigenvalue weighted by Gasteiger charge is -2.16. The van der Waals surface area contributed by atoms with Gasteiger partial charge in [-0.2, -0.15) is 15.0 Å². The van der Waals surface area contributed by atoms with Gasteiger partial charge in [-0.15, -0.1) is 0 Å². The number of nitrogens with one attached hydrogen (secondary N) is 2. The fraction of sp³-hybridized carbons (Fsp3) is 0.200. The van der Waals surface area contributed by atoms with Gasteiger partial charge in [-0.25, -0.2) is 0 Å². The van der Waals surface area contributed by atoms with Crippen LogP contribution in [0.15, 0.2) is 42.5 Å². The van der Waals surface area contributed by atoms with Crippen molar-refractivity contribution < 1.29 is 4.79 Å². The predicted octanol–water partition coefficient (Wildman–Crippen LogP) is 3.88. The SMILES string of the molecule is Cc1ccc(Nc2nc(N)nc(CN(C)CC(=O)Nc3ccc(Cl)c(Cl)c3)n2)cc1. The van der Waals surface area contributed by atoms with Gasteiger partial charge in [-0.1, -0.05) is 40.9 Å². The number of aryl methyl sites for hydroxylation is 1. The van der Waals surface area contributed by atoms with Crippen LogP contribution in [-0.4, -0.2) is 39.4 Å². The molecule has 156 valence electrons. The highest BCUT2D eigenvalue weighted by atomic mass is 35.5. The van der Waals surface area contributed by atoms with Gasteiger partial charge in [0.05, 0.1) is 23.1 Å². The first-order valence-electron chi connectivity index (χ1n) is 9.06. The maximum absolute atomic E-state index is 12.3. The molecule has 0 saturated heterocycles. The molecule has 0 bridgehead atoms. The normalized spacial score (nSPS) is 10.8. The number of benzene rings is 2. The average Bonchev–Trinajstić information content (AvgIpc) is 2.66. The van der Waals surface area contributed by atoms with Crippen molar-refractivity contribution >= 4 is 52.4 Å². The highest BCUT2D eigenvalue weighted by Gasteiger charge is 2.12. The number of amides is 1. The molecule has 0 radical (unpaired) electrons. The van der Waals surface area contributed by atoms with E-state index in [1.807, 2.05) is 31.2 Å². The van der Waals surface area contributed by atoms with E-state index >= 15 is 0 Å². The van der Waals surface area contributed by atoms with Crippen molar-refractivity contribution in [3.8, 4) is 0 Å². The van der Waals surface area contributed by atoms with Crippen LogP contribution in [0.2, 0.25) is 10.0 Å². The van der Waals surface area contributed by atoms with E-state index in [-0.39, 0.29) is 18.4 Å².